The zero-order valence-electron chi connectivity index (χ0n) is 9.11. The summed E-state index contributed by atoms with van der Waals surface area (Å²) in [5.41, 5.74) is 0. The Balaban J connectivity index is 1.81. The summed E-state index contributed by atoms with van der Waals surface area (Å²) in [5.74, 6) is 0.675. The van der Waals surface area contributed by atoms with Crippen LogP contribution in [0.25, 0.3) is 0 Å². The van der Waals surface area contributed by atoms with E-state index in [1.54, 1.807) is 0 Å². The first kappa shape index (κ1) is 10.9. The summed E-state index contributed by atoms with van der Waals surface area (Å²) in [6, 6.07) is 0.0654. The number of carbonyl (C=O) groups is 1. The molecule has 2 fully saturated rings. The Labute approximate surface area is 90.6 Å². The number of nitrogens with zero attached hydrogens (tertiary/aromatic N) is 1. The molecule has 2 aliphatic rings. The van der Waals surface area contributed by atoms with Gasteiger partial charge >= 0.3 is 0 Å². The summed E-state index contributed by atoms with van der Waals surface area (Å²) in [5, 5.41) is 12.2. The summed E-state index contributed by atoms with van der Waals surface area (Å²) >= 11 is 0. The summed E-state index contributed by atoms with van der Waals surface area (Å²) in [6.45, 7) is 2.89. The van der Waals surface area contributed by atoms with Crippen molar-refractivity contribution in [3.05, 3.63) is 0 Å². The number of rotatable bonds is 2. The maximum atomic E-state index is 12.0. The van der Waals surface area contributed by atoms with E-state index >= 15 is 0 Å². The average molecular weight is 212 g/mol. The van der Waals surface area contributed by atoms with Crippen molar-refractivity contribution in [2.45, 2.75) is 31.7 Å². The first-order valence-electron chi connectivity index (χ1n) is 5.94. The van der Waals surface area contributed by atoms with Crippen molar-refractivity contribution >= 4 is 5.91 Å². The van der Waals surface area contributed by atoms with Crippen LogP contribution in [-0.2, 0) is 4.79 Å². The van der Waals surface area contributed by atoms with E-state index in [1.807, 2.05) is 4.90 Å². The molecular formula is C11H20N2O2. The van der Waals surface area contributed by atoms with Crippen molar-refractivity contribution in [1.82, 2.24) is 10.2 Å². The van der Waals surface area contributed by atoms with Gasteiger partial charge in [-0.15, -0.1) is 0 Å². The minimum absolute atomic E-state index is 0.0654. The summed E-state index contributed by atoms with van der Waals surface area (Å²) in [6.07, 6.45) is 4.01. The smallest absolute Gasteiger partial charge is 0.239 e. The van der Waals surface area contributed by atoms with Crippen molar-refractivity contribution in [3.8, 4) is 0 Å². The highest BCUT2D eigenvalue weighted by Gasteiger charge is 2.29. The number of hydrogen-bond donors (Lipinski definition) is 2. The highest BCUT2D eigenvalue weighted by atomic mass is 16.3. The Morgan fingerprint density at radius 3 is 2.60 bits per heavy atom. The lowest BCUT2D eigenvalue weighted by Gasteiger charge is -2.32. The van der Waals surface area contributed by atoms with Crippen LogP contribution in [0.1, 0.15) is 25.7 Å². The van der Waals surface area contributed by atoms with Gasteiger partial charge in [0.2, 0.25) is 5.91 Å². The minimum atomic E-state index is 0.0654. The number of hydrogen-bond acceptors (Lipinski definition) is 3. The molecule has 0 radical (unpaired) electrons. The van der Waals surface area contributed by atoms with Gasteiger partial charge in [-0.05, 0) is 38.1 Å². The monoisotopic (exact) mass is 212 g/mol. The Morgan fingerprint density at radius 1 is 1.33 bits per heavy atom. The molecule has 0 aromatic carbocycles. The van der Waals surface area contributed by atoms with Gasteiger partial charge in [-0.25, -0.2) is 0 Å². The van der Waals surface area contributed by atoms with Crippen LogP contribution in [0, 0.1) is 5.92 Å². The third-order valence-corrected chi connectivity index (χ3v) is 3.54. The fourth-order valence-corrected chi connectivity index (χ4v) is 2.45. The Morgan fingerprint density at radius 2 is 2.07 bits per heavy atom. The van der Waals surface area contributed by atoms with Crippen LogP contribution in [0.5, 0.6) is 0 Å². The van der Waals surface area contributed by atoms with Crippen molar-refractivity contribution in [2.24, 2.45) is 5.92 Å². The molecule has 0 bridgehead atoms. The molecule has 15 heavy (non-hydrogen) atoms. The lowest BCUT2D eigenvalue weighted by Crippen LogP contribution is -2.47. The van der Waals surface area contributed by atoms with Crippen LogP contribution in [-0.4, -0.2) is 48.2 Å². The predicted octanol–water partition coefficient (Wildman–Crippen LogP) is -0.0307. The van der Waals surface area contributed by atoms with Crippen molar-refractivity contribution in [2.75, 3.05) is 26.2 Å². The second-order valence-electron chi connectivity index (χ2n) is 4.60. The molecule has 4 heteroatoms. The van der Waals surface area contributed by atoms with Gasteiger partial charge in [0.15, 0.2) is 0 Å². The van der Waals surface area contributed by atoms with Crippen molar-refractivity contribution in [1.29, 1.82) is 0 Å². The molecule has 0 aromatic rings. The Kier molecular flexibility index (Phi) is 3.59. The lowest BCUT2D eigenvalue weighted by atomic mass is 9.97. The molecule has 2 heterocycles. The highest BCUT2D eigenvalue weighted by Crippen LogP contribution is 2.18. The van der Waals surface area contributed by atoms with E-state index in [4.69, 9.17) is 5.11 Å². The number of carbonyl (C=O) groups excluding carboxylic acids is 1. The van der Waals surface area contributed by atoms with Crippen molar-refractivity contribution in [3.63, 3.8) is 0 Å². The standard InChI is InChI=1S/C11H20N2O2/c14-8-9-3-6-13(7-4-9)11(15)10-2-1-5-12-10/h9-10,12,14H,1-8H2/t10-/m0/s1. The van der Waals surface area contributed by atoms with Crippen LogP contribution in [0.3, 0.4) is 0 Å². The fraction of sp³-hybridized carbons (Fsp3) is 0.909. The molecule has 0 aliphatic carbocycles. The molecule has 2 N–H and O–H groups in total. The first-order chi connectivity index (χ1) is 7.31. The largest absolute Gasteiger partial charge is 0.396 e. The number of aliphatic hydroxyl groups is 1. The highest BCUT2D eigenvalue weighted by molar-refractivity contribution is 5.82. The molecule has 0 saturated carbocycles. The number of amides is 1. The summed E-state index contributed by atoms with van der Waals surface area (Å²) in [4.78, 5) is 13.9. The molecule has 2 saturated heterocycles. The van der Waals surface area contributed by atoms with Crippen LogP contribution >= 0.6 is 0 Å². The van der Waals surface area contributed by atoms with E-state index in [0.29, 0.717) is 5.92 Å². The summed E-state index contributed by atoms with van der Waals surface area (Å²) < 4.78 is 0. The zero-order chi connectivity index (χ0) is 10.7. The van der Waals surface area contributed by atoms with E-state index in [0.717, 1.165) is 45.3 Å². The van der Waals surface area contributed by atoms with Crippen LogP contribution < -0.4 is 5.32 Å². The summed E-state index contributed by atoms with van der Waals surface area (Å²) in [7, 11) is 0. The number of aliphatic hydroxyl groups excluding tert-OH is 1. The zero-order valence-corrected chi connectivity index (χ0v) is 9.11. The Bertz CT molecular complexity index is 219. The molecule has 0 spiro atoms. The second-order valence-corrected chi connectivity index (χ2v) is 4.60. The van der Waals surface area contributed by atoms with Gasteiger partial charge in [-0.1, -0.05) is 0 Å². The van der Waals surface area contributed by atoms with Crippen LogP contribution in [0.15, 0.2) is 0 Å². The molecule has 0 unspecified atom stereocenters. The molecule has 2 rings (SSSR count). The van der Waals surface area contributed by atoms with E-state index in [-0.39, 0.29) is 18.6 Å². The molecule has 2 aliphatic heterocycles. The lowest BCUT2D eigenvalue weighted by molar-refractivity contribution is -0.134. The molecule has 86 valence electrons. The first-order valence-corrected chi connectivity index (χ1v) is 5.94. The van der Waals surface area contributed by atoms with Crippen LogP contribution in [0.4, 0.5) is 0 Å². The molecular weight excluding hydrogens is 192 g/mol. The number of likely N-dealkylation sites (tertiary alicyclic amines) is 1. The third kappa shape index (κ3) is 2.49. The van der Waals surface area contributed by atoms with Gasteiger partial charge in [0.25, 0.3) is 0 Å². The van der Waals surface area contributed by atoms with E-state index in [1.165, 1.54) is 0 Å². The minimum Gasteiger partial charge on any atom is -0.396 e. The third-order valence-electron chi connectivity index (χ3n) is 3.54. The number of piperidine rings is 1. The molecule has 4 nitrogen and oxygen atoms in total. The quantitative estimate of drug-likeness (QED) is 0.676. The maximum Gasteiger partial charge on any atom is 0.239 e. The van der Waals surface area contributed by atoms with Gasteiger partial charge in [-0.3, -0.25) is 4.79 Å². The van der Waals surface area contributed by atoms with Gasteiger partial charge in [0, 0.05) is 19.7 Å². The van der Waals surface area contributed by atoms with Gasteiger partial charge in [-0.2, -0.15) is 0 Å². The van der Waals surface area contributed by atoms with Gasteiger partial charge < -0.3 is 15.3 Å². The normalized spacial score (nSPS) is 28.3. The second kappa shape index (κ2) is 4.94. The number of nitrogens with one attached hydrogen (secondary N) is 1. The van der Waals surface area contributed by atoms with E-state index in [2.05, 4.69) is 5.32 Å². The van der Waals surface area contributed by atoms with Crippen LogP contribution in [0.2, 0.25) is 0 Å². The Hall–Kier alpha value is -0.610. The maximum absolute atomic E-state index is 12.0. The average Bonchev–Trinajstić information content (AvgIpc) is 2.82. The molecule has 1 amide bonds. The van der Waals surface area contributed by atoms with Gasteiger partial charge in [0.1, 0.15) is 0 Å². The van der Waals surface area contributed by atoms with Crippen molar-refractivity contribution < 1.29 is 9.90 Å². The SMILES string of the molecule is O=C([C@@H]1CCCN1)N1CCC(CO)CC1. The predicted molar refractivity (Wildman–Crippen MR) is 57.4 cm³/mol. The van der Waals surface area contributed by atoms with E-state index < -0.39 is 0 Å². The molecule has 1 atom stereocenters. The van der Waals surface area contributed by atoms with Gasteiger partial charge in [0.05, 0.1) is 6.04 Å². The fourth-order valence-electron chi connectivity index (χ4n) is 2.45. The van der Waals surface area contributed by atoms with E-state index in [9.17, 15) is 4.79 Å². The topological polar surface area (TPSA) is 52.6 Å². The molecule has 0 aromatic heterocycles.